The second-order valence-corrected chi connectivity index (χ2v) is 10.4. The van der Waals surface area contributed by atoms with Crippen molar-refractivity contribution in [3.8, 4) is 0 Å². The van der Waals surface area contributed by atoms with Gasteiger partial charge in [0.1, 0.15) is 12.7 Å². The van der Waals surface area contributed by atoms with E-state index in [1.165, 1.54) is 13.8 Å². The molecule has 0 aromatic rings. The van der Waals surface area contributed by atoms with Crippen LogP contribution in [0, 0.1) is 22.7 Å². The van der Waals surface area contributed by atoms with Crippen molar-refractivity contribution in [1.29, 1.82) is 0 Å². The monoisotopic (exact) mass is 450 g/mol. The van der Waals surface area contributed by atoms with Crippen molar-refractivity contribution in [3.05, 3.63) is 11.6 Å². The second kappa shape index (κ2) is 8.13. The molecule has 4 aliphatic rings. The average molecular weight is 451 g/mol. The Morgan fingerprint density at radius 3 is 2.44 bits per heavy atom. The van der Waals surface area contributed by atoms with Gasteiger partial charge in [0, 0.05) is 19.3 Å². The number of aliphatic hydroxyl groups excluding tert-OH is 1. The van der Waals surface area contributed by atoms with Gasteiger partial charge in [0.2, 0.25) is 0 Å². The molecule has 1 N–H and O–H groups in total. The number of aliphatic hydroxyl groups is 1. The van der Waals surface area contributed by atoms with E-state index in [2.05, 4.69) is 6.92 Å². The van der Waals surface area contributed by atoms with Crippen molar-refractivity contribution < 1.29 is 38.4 Å². The molecule has 0 aromatic heterocycles. The number of epoxide rings is 1. The summed E-state index contributed by atoms with van der Waals surface area (Å²) in [5.74, 6) is -0.965. The number of carbonyl (C=O) groups is 3. The lowest BCUT2D eigenvalue weighted by Crippen LogP contribution is -2.61. The van der Waals surface area contributed by atoms with Gasteiger partial charge in [-0.2, -0.15) is 0 Å². The van der Waals surface area contributed by atoms with Crippen molar-refractivity contribution in [2.75, 3.05) is 19.8 Å². The lowest BCUT2D eigenvalue weighted by atomic mass is 9.45. The molecule has 4 fully saturated rings. The Labute approximate surface area is 188 Å². The van der Waals surface area contributed by atoms with Crippen LogP contribution in [-0.2, 0) is 33.3 Å². The molecule has 2 heterocycles. The third kappa shape index (κ3) is 3.75. The molecule has 0 unspecified atom stereocenters. The number of ether oxygens (including phenoxy) is 4. The van der Waals surface area contributed by atoms with E-state index >= 15 is 0 Å². The van der Waals surface area contributed by atoms with Crippen LogP contribution in [0.4, 0.5) is 0 Å². The van der Waals surface area contributed by atoms with Crippen LogP contribution in [0.2, 0.25) is 0 Å². The van der Waals surface area contributed by atoms with Crippen LogP contribution in [-0.4, -0.2) is 60.6 Å². The van der Waals surface area contributed by atoms with E-state index in [1.54, 1.807) is 0 Å². The van der Waals surface area contributed by atoms with Gasteiger partial charge in [-0.1, -0.05) is 19.9 Å². The van der Waals surface area contributed by atoms with E-state index < -0.39 is 23.5 Å². The normalized spacial score (nSPS) is 44.2. The van der Waals surface area contributed by atoms with E-state index in [-0.39, 0.29) is 48.1 Å². The molecule has 2 aliphatic heterocycles. The fourth-order valence-electron chi connectivity index (χ4n) is 6.91. The Bertz CT molecular complexity index is 830. The molecule has 2 aliphatic carbocycles. The largest absolute Gasteiger partial charge is 0.462 e. The van der Waals surface area contributed by atoms with Gasteiger partial charge >= 0.3 is 17.9 Å². The van der Waals surface area contributed by atoms with Gasteiger partial charge in [0.05, 0.1) is 24.4 Å². The molecular formula is C24H34O8. The number of cyclic esters (lactones) is 1. The number of carbonyl (C=O) groups excluding carboxylic acids is 3. The van der Waals surface area contributed by atoms with Crippen molar-refractivity contribution in [2.24, 2.45) is 22.7 Å². The zero-order valence-corrected chi connectivity index (χ0v) is 19.3. The summed E-state index contributed by atoms with van der Waals surface area (Å²) in [4.78, 5) is 35.4. The fraction of sp³-hybridized carbons (Fsp3) is 0.792. The molecule has 0 radical (unpaired) electrons. The molecular weight excluding hydrogens is 416 g/mol. The number of esters is 3. The standard InChI is InChI=1S/C24H34O8/c1-14(26)31-17-11-29-21(28)16(17)5-6-19-22(3)9-8-20(32-15(2)27)23(4,12-25)18(22)7-10-24(19)13-30-24/h5,17-20,25H,6-13H2,1-4H3/b16-5+/t17-,18+,19+,20-,22-,23+,24-/m1/s1. The molecule has 178 valence electrons. The molecule has 0 bridgehead atoms. The Morgan fingerprint density at radius 2 is 1.84 bits per heavy atom. The molecule has 2 saturated carbocycles. The van der Waals surface area contributed by atoms with Crippen molar-refractivity contribution in [1.82, 2.24) is 0 Å². The maximum atomic E-state index is 12.3. The molecule has 8 heteroatoms. The zero-order valence-electron chi connectivity index (χ0n) is 19.3. The summed E-state index contributed by atoms with van der Waals surface area (Å²) in [6.07, 6.45) is 4.71. The van der Waals surface area contributed by atoms with Crippen LogP contribution in [0.15, 0.2) is 11.6 Å². The van der Waals surface area contributed by atoms with Gasteiger partial charge in [-0.05, 0) is 49.4 Å². The highest BCUT2D eigenvalue weighted by Gasteiger charge is 2.67. The Kier molecular flexibility index (Phi) is 5.91. The minimum Gasteiger partial charge on any atom is -0.462 e. The number of hydrogen-bond donors (Lipinski definition) is 1. The first kappa shape index (κ1) is 23.2. The summed E-state index contributed by atoms with van der Waals surface area (Å²) < 4.78 is 22.1. The summed E-state index contributed by atoms with van der Waals surface area (Å²) in [6, 6.07) is 0. The lowest BCUT2D eigenvalue weighted by molar-refractivity contribution is -0.196. The lowest BCUT2D eigenvalue weighted by Gasteiger charge is -2.61. The van der Waals surface area contributed by atoms with Gasteiger partial charge in [-0.25, -0.2) is 4.79 Å². The molecule has 8 nitrogen and oxygen atoms in total. The summed E-state index contributed by atoms with van der Waals surface area (Å²) >= 11 is 0. The molecule has 7 atom stereocenters. The molecule has 2 saturated heterocycles. The predicted octanol–water partition coefficient (Wildman–Crippen LogP) is 2.32. The molecule has 0 amide bonds. The van der Waals surface area contributed by atoms with Crippen molar-refractivity contribution in [3.63, 3.8) is 0 Å². The van der Waals surface area contributed by atoms with E-state index in [9.17, 15) is 19.5 Å². The highest BCUT2D eigenvalue weighted by Crippen LogP contribution is 2.66. The summed E-state index contributed by atoms with van der Waals surface area (Å²) in [7, 11) is 0. The third-order valence-electron chi connectivity index (χ3n) is 8.55. The molecule has 0 aromatic carbocycles. The Morgan fingerprint density at radius 1 is 1.16 bits per heavy atom. The van der Waals surface area contributed by atoms with Gasteiger partial charge in [-0.3, -0.25) is 9.59 Å². The molecule has 4 rings (SSSR count). The number of allylic oxidation sites excluding steroid dienone is 1. The van der Waals surface area contributed by atoms with Crippen LogP contribution in [0.3, 0.4) is 0 Å². The van der Waals surface area contributed by atoms with E-state index in [1.807, 2.05) is 13.0 Å². The SMILES string of the molecule is CC(=O)O[C@@H]1COC(=O)/C1=C/C[C@@H]1[C@@]2(CC[C@@H]3[C@](C)(CO)[C@H](OC(C)=O)CC[C@]31C)CO2. The average Bonchev–Trinajstić information content (AvgIpc) is 3.41. The zero-order chi connectivity index (χ0) is 23.3. The van der Waals surface area contributed by atoms with E-state index in [0.29, 0.717) is 25.0 Å². The Hall–Kier alpha value is -1.93. The fourth-order valence-corrected chi connectivity index (χ4v) is 6.91. The first-order chi connectivity index (χ1) is 15.1. The maximum absolute atomic E-state index is 12.3. The van der Waals surface area contributed by atoms with Crippen LogP contribution in [0.25, 0.3) is 0 Å². The molecule has 32 heavy (non-hydrogen) atoms. The van der Waals surface area contributed by atoms with Crippen LogP contribution >= 0.6 is 0 Å². The summed E-state index contributed by atoms with van der Waals surface area (Å²) in [6.45, 7) is 7.67. The minimum atomic E-state index is -0.675. The summed E-state index contributed by atoms with van der Waals surface area (Å²) in [5.41, 5.74) is -0.556. The van der Waals surface area contributed by atoms with Crippen molar-refractivity contribution >= 4 is 17.9 Å². The first-order valence-electron chi connectivity index (χ1n) is 11.5. The quantitative estimate of drug-likeness (QED) is 0.294. The highest BCUT2D eigenvalue weighted by atomic mass is 16.6. The smallest absolute Gasteiger partial charge is 0.337 e. The van der Waals surface area contributed by atoms with Crippen molar-refractivity contribution in [2.45, 2.75) is 77.6 Å². The van der Waals surface area contributed by atoms with Gasteiger partial charge in [0.15, 0.2) is 6.10 Å². The maximum Gasteiger partial charge on any atom is 0.337 e. The third-order valence-corrected chi connectivity index (χ3v) is 8.55. The van der Waals surface area contributed by atoms with E-state index in [0.717, 1.165) is 19.3 Å². The van der Waals surface area contributed by atoms with Crippen LogP contribution < -0.4 is 0 Å². The summed E-state index contributed by atoms with van der Waals surface area (Å²) in [5, 5.41) is 10.4. The second-order valence-electron chi connectivity index (χ2n) is 10.4. The minimum absolute atomic E-state index is 0.0447. The predicted molar refractivity (Wildman–Crippen MR) is 112 cm³/mol. The highest BCUT2D eigenvalue weighted by molar-refractivity contribution is 5.92. The molecule has 1 spiro atoms. The van der Waals surface area contributed by atoms with Gasteiger partial charge in [0.25, 0.3) is 0 Å². The van der Waals surface area contributed by atoms with Crippen LogP contribution in [0.1, 0.15) is 59.8 Å². The Balaban J connectivity index is 1.63. The van der Waals surface area contributed by atoms with Crippen LogP contribution in [0.5, 0.6) is 0 Å². The number of fused-ring (bicyclic) bond motifs is 1. The van der Waals surface area contributed by atoms with Gasteiger partial charge < -0.3 is 24.1 Å². The topological polar surface area (TPSA) is 112 Å². The van der Waals surface area contributed by atoms with Gasteiger partial charge in [-0.15, -0.1) is 0 Å². The first-order valence-corrected chi connectivity index (χ1v) is 11.5. The number of hydrogen-bond acceptors (Lipinski definition) is 8. The van der Waals surface area contributed by atoms with E-state index in [4.69, 9.17) is 18.9 Å². The number of rotatable bonds is 5.